The maximum atomic E-state index is 12.3. The highest BCUT2D eigenvalue weighted by Crippen LogP contribution is 2.38. The van der Waals surface area contributed by atoms with E-state index in [2.05, 4.69) is 85.6 Å². The van der Waals surface area contributed by atoms with Gasteiger partial charge in [-0.05, 0) is 103 Å². The van der Waals surface area contributed by atoms with E-state index >= 15 is 0 Å². The van der Waals surface area contributed by atoms with Gasteiger partial charge in [0.25, 0.3) is 0 Å². The zero-order chi connectivity index (χ0) is 32.3. The van der Waals surface area contributed by atoms with Crippen LogP contribution in [0.1, 0.15) is 73.0 Å². The Hall–Kier alpha value is -3.93. The van der Waals surface area contributed by atoms with Crippen LogP contribution >= 0.6 is 0 Å². The summed E-state index contributed by atoms with van der Waals surface area (Å²) >= 11 is 0. The zero-order valence-corrected chi connectivity index (χ0v) is 28.0. The van der Waals surface area contributed by atoms with Gasteiger partial charge in [-0.15, -0.1) is 0 Å². The minimum absolute atomic E-state index is 0.155. The van der Waals surface area contributed by atoms with Crippen molar-refractivity contribution in [2.24, 2.45) is 0 Å². The van der Waals surface area contributed by atoms with E-state index in [4.69, 9.17) is 14.2 Å². The summed E-state index contributed by atoms with van der Waals surface area (Å²) in [5, 5.41) is 0. The molecule has 1 aliphatic carbocycles. The summed E-state index contributed by atoms with van der Waals surface area (Å²) in [5.41, 5.74) is 10.7. The van der Waals surface area contributed by atoms with Gasteiger partial charge < -0.3 is 14.2 Å². The van der Waals surface area contributed by atoms with Crippen LogP contribution in [0, 0.1) is 0 Å². The quantitative estimate of drug-likeness (QED) is 0.125. The number of carbonyl (C=O) groups excluding carboxylic acids is 1. The molecule has 0 saturated carbocycles. The average molecular weight is 620 g/mol. The monoisotopic (exact) mass is 619 g/mol. The topological polar surface area (TPSA) is 48.0 Å². The number of nitrogens with zero attached hydrogens (tertiary/aromatic N) is 1. The van der Waals surface area contributed by atoms with Crippen molar-refractivity contribution in [2.45, 2.75) is 71.4 Å². The van der Waals surface area contributed by atoms with Crippen LogP contribution < -0.4 is 4.74 Å². The van der Waals surface area contributed by atoms with Gasteiger partial charge in [0, 0.05) is 19.6 Å². The van der Waals surface area contributed by atoms with E-state index in [0.717, 1.165) is 37.1 Å². The van der Waals surface area contributed by atoms with Crippen molar-refractivity contribution in [3.63, 3.8) is 0 Å². The van der Waals surface area contributed by atoms with Crippen molar-refractivity contribution < 1.29 is 19.0 Å². The fourth-order valence-electron chi connectivity index (χ4n) is 6.51. The lowest BCUT2D eigenvalue weighted by Gasteiger charge is -2.31. The third-order valence-corrected chi connectivity index (χ3v) is 8.94. The first-order chi connectivity index (χ1) is 22.5. The Bertz CT molecular complexity index is 1550. The normalized spacial score (nSPS) is 14.7. The molecular formula is C41H49NO4. The third kappa shape index (κ3) is 8.45. The molecule has 0 spiro atoms. The van der Waals surface area contributed by atoms with Gasteiger partial charge in [0.2, 0.25) is 0 Å². The Morgan fingerprint density at radius 1 is 0.804 bits per heavy atom. The fraction of sp³-hybridized carbons (Fsp3) is 0.390. The van der Waals surface area contributed by atoms with E-state index in [1.807, 2.05) is 38.1 Å². The molecule has 1 aliphatic rings. The van der Waals surface area contributed by atoms with E-state index < -0.39 is 6.10 Å². The summed E-state index contributed by atoms with van der Waals surface area (Å²) in [6.07, 6.45) is 5.53. The Labute approximate surface area is 275 Å². The minimum Gasteiger partial charge on any atom is -0.492 e. The first-order valence-electron chi connectivity index (χ1n) is 17.0. The lowest BCUT2D eigenvalue weighted by Crippen LogP contribution is -2.30. The Morgan fingerprint density at radius 2 is 1.50 bits per heavy atom. The SMILES string of the molecule is CCCCc1ccc2c(c1)CCc1cc(-c3ccccc3)ccc1C2N(C)CCOc1ccc(CC(OCC)C(=O)OCC)cc1. The van der Waals surface area contributed by atoms with Crippen molar-refractivity contribution in [2.75, 3.05) is 33.4 Å². The van der Waals surface area contributed by atoms with E-state index in [1.165, 1.54) is 51.8 Å². The Morgan fingerprint density at radius 3 is 2.20 bits per heavy atom. The number of hydrogen-bond acceptors (Lipinski definition) is 5. The molecule has 5 nitrogen and oxygen atoms in total. The van der Waals surface area contributed by atoms with Crippen LogP contribution in [0.15, 0.2) is 91.0 Å². The molecule has 0 radical (unpaired) electrons. The number of esters is 1. The summed E-state index contributed by atoms with van der Waals surface area (Å²) < 4.78 is 17.1. The summed E-state index contributed by atoms with van der Waals surface area (Å²) in [6, 6.07) is 33.0. The summed E-state index contributed by atoms with van der Waals surface area (Å²) in [4.78, 5) is 14.7. The van der Waals surface area contributed by atoms with Crippen molar-refractivity contribution >= 4 is 5.97 Å². The van der Waals surface area contributed by atoms with Gasteiger partial charge in [0.15, 0.2) is 6.10 Å². The maximum absolute atomic E-state index is 12.3. The summed E-state index contributed by atoms with van der Waals surface area (Å²) in [7, 11) is 2.22. The maximum Gasteiger partial charge on any atom is 0.335 e. The van der Waals surface area contributed by atoms with E-state index in [9.17, 15) is 4.79 Å². The molecule has 0 aromatic heterocycles. The van der Waals surface area contributed by atoms with Crippen LogP contribution in [0.4, 0.5) is 0 Å². The first-order valence-corrected chi connectivity index (χ1v) is 17.0. The second kappa shape index (κ2) is 16.6. The van der Waals surface area contributed by atoms with Gasteiger partial charge >= 0.3 is 5.97 Å². The van der Waals surface area contributed by atoms with Gasteiger partial charge in [-0.1, -0.05) is 92.2 Å². The lowest BCUT2D eigenvalue weighted by molar-refractivity contribution is -0.156. The predicted octanol–water partition coefficient (Wildman–Crippen LogP) is 8.41. The van der Waals surface area contributed by atoms with Crippen LogP contribution in [0.3, 0.4) is 0 Å². The van der Waals surface area contributed by atoms with Crippen molar-refractivity contribution in [1.29, 1.82) is 0 Å². The Kier molecular flexibility index (Phi) is 12.0. The molecule has 46 heavy (non-hydrogen) atoms. The molecule has 0 N–H and O–H groups in total. The molecule has 4 aromatic rings. The highest BCUT2D eigenvalue weighted by Gasteiger charge is 2.28. The molecule has 0 heterocycles. The van der Waals surface area contributed by atoms with Crippen LogP contribution in [0.5, 0.6) is 5.75 Å². The third-order valence-electron chi connectivity index (χ3n) is 8.94. The molecule has 2 atom stereocenters. The van der Waals surface area contributed by atoms with E-state index in [0.29, 0.717) is 26.2 Å². The first kappa shape index (κ1) is 33.4. The zero-order valence-electron chi connectivity index (χ0n) is 28.0. The molecular weight excluding hydrogens is 570 g/mol. The number of carbonyl (C=O) groups is 1. The molecule has 0 amide bonds. The van der Waals surface area contributed by atoms with Crippen molar-refractivity contribution in [1.82, 2.24) is 4.90 Å². The Balaban J connectivity index is 1.31. The van der Waals surface area contributed by atoms with Gasteiger partial charge in [0.05, 0.1) is 12.6 Å². The second-order valence-electron chi connectivity index (χ2n) is 12.2. The van der Waals surface area contributed by atoms with Crippen LogP contribution in [0.25, 0.3) is 11.1 Å². The van der Waals surface area contributed by atoms with Crippen molar-refractivity contribution in [3.05, 3.63) is 124 Å². The average Bonchev–Trinajstić information content (AvgIpc) is 3.24. The molecule has 4 aromatic carbocycles. The number of ether oxygens (including phenoxy) is 3. The smallest absolute Gasteiger partial charge is 0.335 e. The number of rotatable bonds is 15. The highest BCUT2D eigenvalue weighted by atomic mass is 16.6. The molecule has 242 valence electrons. The largest absolute Gasteiger partial charge is 0.492 e. The van der Waals surface area contributed by atoms with E-state index in [-0.39, 0.29) is 12.0 Å². The number of likely N-dealkylation sites (N-methyl/N-ethyl adjacent to an activating group) is 1. The number of aryl methyl sites for hydroxylation is 3. The number of hydrogen-bond donors (Lipinski definition) is 0. The second-order valence-corrected chi connectivity index (χ2v) is 12.2. The predicted molar refractivity (Wildman–Crippen MR) is 187 cm³/mol. The lowest BCUT2D eigenvalue weighted by atomic mass is 9.90. The number of benzene rings is 4. The van der Waals surface area contributed by atoms with Gasteiger partial charge in [-0.2, -0.15) is 0 Å². The molecule has 5 rings (SSSR count). The summed E-state index contributed by atoms with van der Waals surface area (Å²) in [5.74, 6) is 0.499. The molecule has 0 saturated heterocycles. The van der Waals surface area contributed by atoms with Crippen molar-refractivity contribution in [3.8, 4) is 16.9 Å². The highest BCUT2D eigenvalue weighted by molar-refractivity contribution is 5.75. The van der Waals surface area contributed by atoms with Crippen LogP contribution in [-0.4, -0.2) is 50.4 Å². The van der Waals surface area contributed by atoms with Crippen LogP contribution in [0.2, 0.25) is 0 Å². The molecule has 2 unspecified atom stereocenters. The number of unbranched alkanes of at least 4 members (excludes halogenated alkanes) is 1. The number of fused-ring (bicyclic) bond motifs is 2. The van der Waals surface area contributed by atoms with E-state index in [1.54, 1.807) is 0 Å². The fourth-order valence-corrected chi connectivity index (χ4v) is 6.51. The molecule has 0 bridgehead atoms. The van der Waals surface area contributed by atoms with Crippen LogP contribution in [-0.2, 0) is 40.0 Å². The van der Waals surface area contributed by atoms with Gasteiger partial charge in [0.1, 0.15) is 12.4 Å². The van der Waals surface area contributed by atoms with Gasteiger partial charge in [-0.3, -0.25) is 4.90 Å². The summed E-state index contributed by atoms with van der Waals surface area (Å²) in [6.45, 7) is 8.11. The molecule has 0 aliphatic heterocycles. The standard InChI is InChI=1S/C41H49NO4/c1-5-8-12-30-17-23-37-34(27-30)18-19-35-29-33(32-13-10-9-11-14-32)20-24-38(35)40(37)42(4)25-26-46-36-21-15-31(16-22-36)28-39(44-6-2)41(43)45-7-3/h9-11,13-17,20-24,27,29,39-40H,5-8,12,18-19,25-26,28H2,1-4H3. The molecule has 5 heteroatoms. The molecule has 0 fully saturated rings. The van der Waals surface area contributed by atoms with Gasteiger partial charge in [-0.25, -0.2) is 4.79 Å². The minimum atomic E-state index is -0.595.